The highest BCUT2D eigenvalue weighted by Crippen LogP contribution is 2.40. The van der Waals surface area contributed by atoms with Crippen molar-refractivity contribution >= 4 is 29.8 Å². The summed E-state index contributed by atoms with van der Waals surface area (Å²) in [7, 11) is -13.6. The summed E-state index contributed by atoms with van der Waals surface area (Å²) >= 11 is 0. The molecule has 10 heteroatoms. The summed E-state index contributed by atoms with van der Waals surface area (Å²) < 4.78 is 92.4. The molecule has 7 nitrogen and oxygen atoms in total. The predicted molar refractivity (Wildman–Crippen MR) is 152 cm³/mol. The monoisotopic (exact) mass is 597 g/mol. The SMILES string of the molecule is Cc1ccc(S(=O)(=O)c2ccc(-c3c(S(=O)(=O)[O-])ccc(C)c3C)c(S(=O)(=O)c3ccc(C)c(C)c3)c2)cc1C. The van der Waals surface area contributed by atoms with E-state index in [1.165, 1.54) is 42.5 Å². The Bertz CT molecular complexity index is 2010. The lowest BCUT2D eigenvalue weighted by Crippen LogP contribution is -2.11. The molecule has 0 N–H and O–H groups in total. The van der Waals surface area contributed by atoms with Gasteiger partial charge in [0.15, 0.2) is 0 Å². The van der Waals surface area contributed by atoms with E-state index in [0.29, 0.717) is 16.7 Å². The number of hydrogen-bond acceptors (Lipinski definition) is 7. The Labute approximate surface area is 236 Å². The van der Waals surface area contributed by atoms with Gasteiger partial charge in [-0.3, -0.25) is 0 Å². The van der Waals surface area contributed by atoms with E-state index in [9.17, 15) is 29.8 Å². The Balaban J connectivity index is 2.12. The van der Waals surface area contributed by atoms with E-state index in [1.54, 1.807) is 39.8 Å². The second-order valence-electron chi connectivity index (χ2n) is 9.99. The molecule has 210 valence electrons. The van der Waals surface area contributed by atoms with Crippen LogP contribution in [0.5, 0.6) is 0 Å². The second kappa shape index (κ2) is 10.3. The molecule has 4 aromatic rings. The van der Waals surface area contributed by atoms with Gasteiger partial charge in [0.1, 0.15) is 10.1 Å². The van der Waals surface area contributed by atoms with Crippen LogP contribution in [0.25, 0.3) is 11.1 Å². The lowest BCUT2D eigenvalue weighted by molar-refractivity contribution is 0.463. The van der Waals surface area contributed by atoms with Crippen LogP contribution in [-0.4, -0.2) is 29.8 Å². The molecule has 0 atom stereocenters. The molecule has 0 fully saturated rings. The van der Waals surface area contributed by atoms with E-state index in [1.807, 2.05) is 13.8 Å². The standard InChI is InChI=1S/C30H30O7S3/c1-18-7-10-24(15-21(18)4)38(31,32)26-12-13-27(30-23(6)20(3)9-14-28(30)40(35,36)37)29(17-26)39(33,34)25-11-8-19(2)22(5)16-25/h7-17H,1-6H3,(H,35,36,37)/p-1. The maximum Gasteiger partial charge on any atom is 0.207 e. The quantitative estimate of drug-likeness (QED) is 0.258. The van der Waals surface area contributed by atoms with Gasteiger partial charge in [-0.2, -0.15) is 0 Å². The topological polar surface area (TPSA) is 125 Å². The molecule has 0 aliphatic heterocycles. The summed E-state index contributed by atoms with van der Waals surface area (Å²) in [5, 5.41) is 0. The van der Waals surface area contributed by atoms with E-state index in [4.69, 9.17) is 0 Å². The Kier molecular flexibility index (Phi) is 7.61. The largest absolute Gasteiger partial charge is 0.744 e. The lowest BCUT2D eigenvalue weighted by atomic mass is 9.97. The summed E-state index contributed by atoms with van der Waals surface area (Å²) in [6, 6.07) is 15.3. The zero-order valence-corrected chi connectivity index (χ0v) is 25.4. The van der Waals surface area contributed by atoms with Gasteiger partial charge in [-0.1, -0.05) is 24.3 Å². The normalized spacial score (nSPS) is 12.5. The van der Waals surface area contributed by atoms with Gasteiger partial charge in [0.2, 0.25) is 19.7 Å². The summed E-state index contributed by atoms with van der Waals surface area (Å²) in [5.41, 5.74) is 4.08. The van der Waals surface area contributed by atoms with Crippen LogP contribution in [0.1, 0.15) is 33.4 Å². The van der Waals surface area contributed by atoms with Crippen molar-refractivity contribution in [1.82, 2.24) is 0 Å². The minimum absolute atomic E-state index is 0.00700. The molecule has 40 heavy (non-hydrogen) atoms. The third-order valence-electron chi connectivity index (χ3n) is 7.37. The van der Waals surface area contributed by atoms with Crippen LogP contribution >= 0.6 is 0 Å². The molecule has 0 bridgehead atoms. The van der Waals surface area contributed by atoms with Crippen LogP contribution in [0, 0.1) is 41.5 Å². The Morgan fingerprint density at radius 2 is 0.925 bits per heavy atom. The summed E-state index contributed by atoms with van der Waals surface area (Å²) in [4.78, 5) is -1.38. The molecule has 0 unspecified atom stereocenters. The number of sulfone groups is 2. The average molecular weight is 598 g/mol. The fourth-order valence-electron chi connectivity index (χ4n) is 4.46. The third kappa shape index (κ3) is 5.24. The van der Waals surface area contributed by atoms with Crippen molar-refractivity contribution in [3.8, 4) is 11.1 Å². The van der Waals surface area contributed by atoms with Crippen LogP contribution in [0.3, 0.4) is 0 Å². The van der Waals surface area contributed by atoms with E-state index in [0.717, 1.165) is 28.8 Å². The van der Waals surface area contributed by atoms with E-state index < -0.39 is 39.6 Å². The first-order valence-corrected chi connectivity index (χ1v) is 16.7. The molecule has 0 aliphatic rings. The summed E-state index contributed by atoms with van der Waals surface area (Å²) in [5.74, 6) is 0. The highest BCUT2D eigenvalue weighted by atomic mass is 32.2. The van der Waals surface area contributed by atoms with Gasteiger partial charge < -0.3 is 4.55 Å². The molecule has 0 amide bonds. The fourth-order valence-corrected chi connectivity index (χ4v) is 8.23. The van der Waals surface area contributed by atoms with Crippen molar-refractivity contribution in [2.75, 3.05) is 0 Å². The lowest BCUT2D eigenvalue weighted by Gasteiger charge is -2.21. The van der Waals surface area contributed by atoms with Gasteiger partial charge in [0, 0.05) is 11.1 Å². The second-order valence-corrected chi connectivity index (χ2v) is 15.2. The van der Waals surface area contributed by atoms with Gasteiger partial charge >= 0.3 is 0 Å². The number of hydrogen-bond donors (Lipinski definition) is 0. The first-order valence-electron chi connectivity index (χ1n) is 12.3. The van der Waals surface area contributed by atoms with Gasteiger partial charge in [0.05, 0.1) is 24.5 Å². The van der Waals surface area contributed by atoms with Crippen molar-refractivity contribution in [1.29, 1.82) is 0 Å². The molecule has 0 spiro atoms. The number of benzene rings is 4. The minimum atomic E-state index is -5.01. The molecule has 0 saturated heterocycles. The maximum absolute atomic E-state index is 14.1. The van der Waals surface area contributed by atoms with Gasteiger partial charge in [-0.15, -0.1) is 0 Å². The van der Waals surface area contributed by atoms with Gasteiger partial charge in [0.25, 0.3) is 0 Å². The van der Waals surface area contributed by atoms with Crippen molar-refractivity contribution in [2.24, 2.45) is 0 Å². The number of aryl methyl sites for hydroxylation is 5. The molecule has 0 heterocycles. The smallest absolute Gasteiger partial charge is 0.207 e. The minimum Gasteiger partial charge on any atom is -0.744 e. The fraction of sp³-hybridized carbons (Fsp3) is 0.200. The zero-order valence-electron chi connectivity index (χ0n) is 22.9. The Morgan fingerprint density at radius 1 is 0.475 bits per heavy atom. The van der Waals surface area contributed by atoms with E-state index in [2.05, 4.69) is 0 Å². The molecular formula is C30H29O7S3-. The third-order valence-corrected chi connectivity index (χ3v) is 11.8. The predicted octanol–water partition coefficient (Wildman–Crippen LogP) is 5.77. The average Bonchev–Trinajstić information content (AvgIpc) is 2.87. The molecule has 4 aromatic carbocycles. The van der Waals surface area contributed by atoms with Crippen molar-refractivity contribution < 1.29 is 29.8 Å². The van der Waals surface area contributed by atoms with Crippen LogP contribution < -0.4 is 0 Å². The van der Waals surface area contributed by atoms with Gasteiger partial charge in [-0.05, 0) is 117 Å². The number of rotatable bonds is 6. The summed E-state index contributed by atoms with van der Waals surface area (Å²) in [6.07, 6.45) is 0. The van der Waals surface area contributed by atoms with Crippen molar-refractivity contribution in [3.63, 3.8) is 0 Å². The van der Waals surface area contributed by atoms with Crippen LogP contribution in [-0.2, 0) is 29.8 Å². The highest BCUT2D eigenvalue weighted by molar-refractivity contribution is 7.92. The molecule has 0 radical (unpaired) electrons. The van der Waals surface area contributed by atoms with E-state index >= 15 is 0 Å². The maximum atomic E-state index is 14.1. The Morgan fingerprint density at radius 3 is 1.43 bits per heavy atom. The first-order chi connectivity index (χ1) is 18.5. The molecule has 0 aliphatic carbocycles. The van der Waals surface area contributed by atoms with Gasteiger partial charge in [-0.25, -0.2) is 25.3 Å². The molecular weight excluding hydrogens is 569 g/mol. The Hall–Kier alpha value is -3.31. The molecule has 0 aromatic heterocycles. The van der Waals surface area contributed by atoms with Crippen LogP contribution in [0.2, 0.25) is 0 Å². The van der Waals surface area contributed by atoms with E-state index in [-0.39, 0.29) is 25.8 Å². The van der Waals surface area contributed by atoms with Crippen molar-refractivity contribution in [3.05, 3.63) is 100 Å². The zero-order chi connectivity index (χ0) is 29.8. The molecule has 4 rings (SSSR count). The highest BCUT2D eigenvalue weighted by Gasteiger charge is 2.29. The van der Waals surface area contributed by atoms with Crippen LogP contribution in [0.4, 0.5) is 0 Å². The van der Waals surface area contributed by atoms with Crippen molar-refractivity contribution in [2.45, 2.75) is 66.0 Å². The molecule has 0 saturated carbocycles. The first kappa shape index (κ1) is 29.7. The van der Waals surface area contributed by atoms with Crippen LogP contribution in [0.15, 0.2) is 91.2 Å². The summed E-state index contributed by atoms with van der Waals surface area (Å²) in [6.45, 7) is 10.5.